The summed E-state index contributed by atoms with van der Waals surface area (Å²) in [5.41, 5.74) is 3.49. The molecule has 2 rings (SSSR count). The number of ketones is 1. The molecule has 4 atom stereocenters. The van der Waals surface area contributed by atoms with E-state index in [1.54, 1.807) is 20.8 Å². The van der Waals surface area contributed by atoms with E-state index in [-0.39, 0.29) is 38.2 Å². The summed E-state index contributed by atoms with van der Waals surface area (Å²) in [5, 5.41) is 10.9. The number of urea groups is 1. The molecule has 2 fully saturated rings. The zero-order chi connectivity index (χ0) is 36.6. The molecule has 13 nitrogen and oxygen atoms in total. The Morgan fingerprint density at radius 3 is 2.17 bits per heavy atom. The predicted octanol–water partition coefficient (Wildman–Crippen LogP) is 2.40. The Balaban J connectivity index is 2.37. The highest BCUT2D eigenvalue weighted by molar-refractivity contribution is 7.89. The lowest BCUT2D eigenvalue weighted by molar-refractivity contribution is -0.143. The van der Waals surface area contributed by atoms with Gasteiger partial charge in [-0.1, -0.05) is 61.0 Å². The van der Waals surface area contributed by atoms with Crippen LogP contribution in [0.3, 0.4) is 0 Å². The standard InChI is InChI=1S/C34H56N6O7S/c1-11-14-24(27(41)30(43)35-15-12-2)36-29(42)25-19-23(18-22(3)4)20-40(25)31(44)28(34(8,9)10)38-32(45)37-26(33(5,6)7)21-39-16-13-17-48(39,46)47/h12,24-26,28H,2,11,13-17,19-21H2,1,3-10H3,(H,35,43)(H,36,42)(H2,37,38,45)/t24?,25-,26+,28+/m0/s1. The fourth-order valence-electron chi connectivity index (χ4n) is 5.65. The molecular weight excluding hydrogens is 636 g/mol. The topological polar surface area (TPSA) is 174 Å². The second-order valence-electron chi connectivity index (χ2n) is 15.0. The highest BCUT2D eigenvalue weighted by Crippen LogP contribution is 2.29. The first-order valence-electron chi connectivity index (χ1n) is 16.6. The maximum Gasteiger partial charge on any atom is 0.315 e. The monoisotopic (exact) mass is 692 g/mol. The molecule has 4 N–H and O–H groups in total. The van der Waals surface area contributed by atoms with Gasteiger partial charge in [-0.25, -0.2) is 13.2 Å². The van der Waals surface area contributed by atoms with Gasteiger partial charge in [0.25, 0.3) is 5.91 Å². The summed E-state index contributed by atoms with van der Waals surface area (Å²) in [7, 11) is -3.40. The molecule has 2 heterocycles. The van der Waals surface area contributed by atoms with Crippen LogP contribution in [0.15, 0.2) is 29.5 Å². The summed E-state index contributed by atoms with van der Waals surface area (Å²) in [6.07, 6.45) is 2.88. The van der Waals surface area contributed by atoms with Crippen LogP contribution in [0.1, 0.15) is 88.0 Å². The zero-order valence-corrected chi connectivity index (χ0v) is 30.9. The Morgan fingerprint density at radius 1 is 1.02 bits per heavy atom. The number of nitrogens with zero attached hydrogens (tertiary/aromatic N) is 2. The largest absolute Gasteiger partial charge is 0.346 e. The number of carbonyl (C=O) groups excluding carboxylic acids is 5. The molecule has 2 saturated heterocycles. The van der Waals surface area contributed by atoms with Crippen molar-refractivity contribution in [3.05, 3.63) is 29.5 Å². The van der Waals surface area contributed by atoms with Crippen molar-refractivity contribution < 1.29 is 32.4 Å². The van der Waals surface area contributed by atoms with Crippen molar-refractivity contribution in [3.63, 3.8) is 0 Å². The van der Waals surface area contributed by atoms with E-state index in [4.69, 9.17) is 0 Å². The number of hydrogen-bond donors (Lipinski definition) is 4. The quantitative estimate of drug-likeness (QED) is 0.130. The summed E-state index contributed by atoms with van der Waals surface area (Å²) in [4.78, 5) is 68.4. The Morgan fingerprint density at radius 2 is 1.67 bits per heavy atom. The third kappa shape index (κ3) is 11.3. The molecule has 0 aliphatic carbocycles. The van der Waals surface area contributed by atoms with E-state index < -0.39 is 74.6 Å². The number of rotatable bonds is 13. The second kappa shape index (κ2) is 16.8. The van der Waals surface area contributed by atoms with E-state index in [0.717, 1.165) is 5.57 Å². The van der Waals surface area contributed by atoms with E-state index in [1.807, 2.05) is 41.5 Å². The minimum Gasteiger partial charge on any atom is -0.346 e. The smallest absolute Gasteiger partial charge is 0.315 e. The van der Waals surface area contributed by atoms with Crippen molar-refractivity contribution in [2.75, 3.05) is 31.9 Å². The number of carbonyl (C=O) groups is 5. The van der Waals surface area contributed by atoms with Gasteiger partial charge in [0.05, 0.1) is 18.3 Å². The third-order valence-corrected chi connectivity index (χ3v) is 10.3. The van der Waals surface area contributed by atoms with Gasteiger partial charge in [0.1, 0.15) is 12.1 Å². The van der Waals surface area contributed by atoms with Gasteiger partial charge in [-0.2, -0.15) is 4.31 Å². The molecule has 0 saturated carbocycles. The van der Waals surface area contributed by atoms with E-state index in [2.05, 4.69) is 33.6 Å². The van der Waals surface area contributed by atoms with E-state index >= 15 is 0 Å². The molecule has 0 aromatic heterocycles. The molecule has 2 aliphatic rings. The number of Topliss-reactive ketones (excluding diaryl/α,β-unsaturated/α-hetero) is 1. The molecule has 1 unspecified atom stereocenters. The Kier molecular flexibility index (Phi) is 14.2. The van der Waals surface area contributed by atoms with Gasteiger partial charge in [0.2, 0.25) is 27.6 Å². The molecule has 270 valence electrons. The lowest BCUT2D eigenvalue weighted by Gasteiger charge is -2.37. The molecule has 14 heteroatoms. The van der Waals surface area contributed by atoms with E-state index in [0.29, 0.717) is 25.0 Å². The van der Waals surface area contributed by atoms with Crippen molar-refractivity contribution in [2.24, 2.45) is 10.8 Å². The maximum absolute atomic E-state index is 14.3. The molecule has 0 aromatic rings. The van der Waals surface area contributed by atoms with Crippen molar-refractivity contribution in [2.45, 2.75) is 112 Å². The highest BCUT2D eigenvalue weighted by atomic mass is 32.2. The molecule has 0 bridgehead atoms. The summed E-state index contributed by atoms with van der Waals surface area (Å²) >= 11 is 0. The molecule has 0 radical (unpaired) electrons. The molecule has 5 amide bonds. The molecule has 48 heavy (non-hydrogen) atoms. The number of likely N-dealkylation sites (tertiary alicyclic amines) is 1. The fraction of sp³-hybridized carbons (Fsp3) is 0.706. The van der Waals surface area contributed by atoms with Gasteiger partial charge < -0.3 is 26.2 Å². The second-order valence-corrected chi connectivity index (χ2v) is 17.1. The van der Waals surface area contributed by atoms with Crippen LogP contribution < -0.4 is 21.3 Å². The SMILES string of the molecule is C=CCNC(=O)C(=O)C(CCC)NC(=O)[C@@H]1CC(=C=C(C)C)CN1C(=O)[C@@H](NC(=O)N[C@H](CN1CCCS1(=O)=O)C(C)(C)C)C(C)(C)C. The lowest BCUT2D eigenvalue weighted by atomic mass is 9.85. The van der Waals surface area contributed by atoms with E-state index in [9.17, 15) is 32.4 Å². The summed E-state index contributed by atoms with van der Waals surface area (Å²) in [6.45, 7) is 20.8. The third-order valence-electron chi connectivity index (χ3n) is 8.36. The fourth-order valence-corrected chi connectivity index (χ4v) is 7.19. The molecule has 0 spiro atoms. The Labute approximate surface area is 286 Å². The van der Waals surface area contributed by atoms with Gasteiger partial charge in [-0.3, -0.25) is 19.2 Å². The minimum atomic E-state index is -3.40. The van der Waals surface area contributed by atoms with Crippen LogP contribution >= 0.6 is 0 Å². The Hall–Kier alpha value is -3.48. The van der Waals surface area contributed by atoms with Gasteiger partial charge in [0, 0.05) is 32.1 Å². The average molecular weight is 693 g/mol. The van der Waals surface area contributed by atoms with Crippen LogP contribution in [-0.4, -0.2) is 103 Å². The first-order chi connectivity index (χ1) is 22.1. The minimum absolute atomic E-state index is 0.0697. The summed E-state index contributed by atoms with van der Waals surface area (Å²) < 4.78 is 26.4. The van der Waals surface area contributed by atoms with Crippen molar-refractivity contribution in [3.8, 4) is 0 Å². The normalized spacial score (nSPS) is 19.8. The average Bonchev–Trinajstić information content (AvgIpc) is 3.53. The number of amides is 5. The van der Waals surface area contributed by atoms with Gasteiger partial charge >= 0.3 is 6.03 Å². The number of sulfonamides is 1. The summed E-state index contributed by atoms with van der Waals surface area (Å²) in [5.74, 6) is -2.64. The van der Waals surface area contributed by atoms with Crippen LogP contribution in [0, 0.1) is 10.8 Å². The van der Waals surface area contributed by atoms with Crippen LogP contribution in [0.25, 0.3) is 0 Å². The zero-order valence-electron chi connectivity index (χ0n) is 30.1. The van der Waals surface area contributed by atoms with Crippen molar-refractivity contribution >= 4 is 39.6 Å². The Bertz CT molecular complexity index is 1420. The first kappa shape index (κ1) is 40.7. The van der Waals surface area contributed by atoms with Gasteiger partial charge in [-0.15, -0.1) is 12.3 Å². The number of hydrogen-bond acceptors (Lipinski definition) is 7. The van der Waals surface area contributed by atoms with Crippen molar-refractivity contribution in [1.82, 2.24) is 30.5 Å². The van der Waals surface area contributed by atoms with Crippen LogP contribution in [0.4, 0.5) is 4.79 Å². The van der Waals surface area contributed by atoms with Crippen LogP contribution in [0.5, 0.6) is 0 Å². The van der Waals surface area contributed by atoms with Crippen LogP contribution in [-0.2, 0) is 29.2 Å². The molecule has 2 aliphatic heterocycles. The lowest BCUT2D eigenvalue weighted by Crippen LogP contribution is -2.61. The molecule has 0 aromatic carbocycles. The molecular formula is C34H56N6O7S. The van der Waals surface area contributed by atoms with Crippen molar-refractivity contribution in [1.29, 1.82) is 0 Å². The van der Waals surface area contributed by atoms with Crippen LogP contribution in [0.2, 0.25) is 0 Å². The van der Waals surface area contributed by atoms with Gasteiger partial charge in [0.15, 0.2) is 0 Å². The van der Waals surface area contributed by atoms with E-state index in [1.165, 1.54) is 15.3 Å². The van der Waals surface area contributed by atoms with Gasteiger partial charge in [-0.05, 0) is 48.7 Å². The maximum atomic E-state index is 14.3. The summed E-state index contributed by atoms with van der Waals surface area (Å²) in [6, 6.07) is -4.38. The number of nitrogens with one attached hydrogen (secondary N) is 4. The highest BCUT2D eigenvalue weighted by Gasteiger charge is 2.45. The first-order valence-corrected chi connectivity index (χ1v) is 18.2. The predicted molar refractivity (Wildman–Crippen MR) is 185 cm³/mol.